The number of hydrogen-bond donors (Lipinski definition) is 1. The Labute approximate surface area is 111 Å². The van der Waals surface area contributed by atoms with Crippen molar-refractivity contribution in [1.82, 2.24) is 0 Å². The zero-order valence-corrected chi connectivity index (χ0v) is 11.5. The van der Waals surface area contributed by atoms with Crippen molar-refractivity contribution in [1.29, 1.82) is 0 Å². The molecule has 0 spiro atoms. The summed E-state index contributed by atoms with van der Waals surface area (Å²) < 4.78 is 0. The number of aliphatic hydroxyl groups is 1. The van der Waals surface area contributed by atoms with E-state index in [1.54, 1.807) is 11.3 Å². The van der Waals surface area contributed by atoms with Crippen molar-refractivity contribution in [3.8, 4) is 0 Å². The van der Waals surface area contributed by atoms with Gasteiger partial charge in [0.2, 0.25) is 0 Å². The average Bonchev–Trinajstić information content (AvgIpc) is 2.65. The summed E-state index contributed by atoms with van der Waals surface area (Å²) in [5.74, 6) is 0. The molecule has 0 fully saturated rings. The van der Waals surface area contributed by atoms with E-state index in [9.17, 15) is 5.11 Å². The van der Waals surface area contributed by atoms with E-state index in [4.69, 9.17) is 11.6 Å². The van der Waals surface area contributed by atoms with E-state index in [0.29, 0.717) is 11.4 Å². The molecule has 0 saturated heterocycles. The van der Waals surface area contributed by atoms with Gasteiger partial charge in [0.05, 0.1) is 5.60 Å². The third-order valence-corrected chi connectivity index (χ3v) is 4.20. The van der Waals surface area contributed by atoms with Gasteiger partial charge in [-0.05, 0) is 43.7 Å². The molecule has 0 bridgehead atoms. The van der Waals surface area contributed by atoms with Crippen molar-refractivity contribution in [3.63, 3.8) is 0 Å². The van der Waals surface area contributed by atoms with Crippen molar-refractivity contribution >= 4 is 22.9 Å². The number of benzene rings is 1. The van der Waals surface area contributed by atoms with Gasteiger partial charge in [-0.15, -0.1) is 11.3 Å². The molecule has 1 aromatic heterocycles. The lowest BCUT2D eigenvalue weighted by Gasteiger charge is -2.22. The molecule has 2 rings (SSSR count). The molecule has 17 heavy (non-hydrogen) atoms. The lowest BCUT2D eigenvalue weighted by molar-refractivity contribution is 0.0615. The first kappa shape index (κ1) is 12.6. The molecule has 1 heterocycles. The maximum absolute atomic E-state index is 10.5. The summed E-state index contributed by atoms with van der Waals surface area (Å²) in [7, 11) is 0. The quantitative estimate of drug-likeness (QED) is 0.884. The Kier molecular flexibility index (Phi) is 3.57. The van der Waals surface area contributed by atoms with E-state index >= 15 is 0 Å². The molecule has 1 unspecified atom stereocenters. The lowest BCUT2D eigenvalue weighted by atomic mass is 9.95. The SMILES string of the molecule is Cc1ccc(C(C)(O)Cc2cccc(Cl)c2)s1. The maximum atomic E-state index is 10.5. The topological polar surface area (TPSA) is 20.2 Å². The monoisotopic (exact) mass is 266 g/mol. The lowest BCUT2D eigenvalue weighted by Crippen LogP contribution is -2.22. The Morgan fingerprint density at radius 1 is 1.29 bits per heavy atom. The number of aryl methyl sites for hydroxylation is 1. The number of halogens is 1. The van der Waals surface area contributed by atoms with Crippen LogP contribution in [0.25, 0.3) is 0 Å². The molecule has 0 aliphatic heterocycles. The number of thiophene rings is 1. The molecular formula is C14H15ClOS. The first-order chi connectivity index (χ1) is 7.97. The predicted molar refractivity (Wildman–Crippen MR) is 73.8 cm³/mol. The molecule has 2 aromatic rings. The van der Waals surface area contributed by atoms with Gasteiger partial charge in [0.1, 0.15) is 0 Å². The Balaban J connectivity index is 2.22. The van der Waals surface area contributed by atoms with E-state index in [2.05, 4.69) is 0 Å². The summed E-state index contributed by atoms with van der Waals surface area (Å²) in [6.07, 6.45) is 0.577. The van der Waals surface area contributed by atoms with Crippen LogP contribution in [0.5, 0.6) is 0 Å². The summed E-state index contributed by atoms with van der Waals surface area (Å²) in [6.45, 7) is 3.89. The van der Waals surface area contributed by atoms with E-state index in [1.807, 2.05) is 50.2 Å². The van der Waals surface area contributed by atoms with Crippen LogP contribution in [0.3, 0.4) is 0 Å². The standard InChI is InChI=1S/C14H15ClOS/c1-10-6-7-13(17-10)14(2,16)9-11-4-3-5-12(15)8-11/h3-8,16H,9H2,1-2H3. The van der Waals surface area contributed by atoms with E-state index < -0.39 is 5.60 Å². The average molecular weight is 267 g/mol. The molecule has 0 aliphatic rings. The van der Waals surface area contributed by atoms with Gasteiger partial charge >= 0.3 is 0 Å². The van der Waals surface area contributed by atoms with Crippen molar-refractivity contribution in [2.75, 3.05) is 0 Å². The van der Waals surface area contributed by atoms with Gasteiger partial charge in [-0.2, -0.15) is 0 Å². The van der Waals surface area contributed by atoms with Gasteiger partial charge in [0, 0.05) is 21.2 Å². The van der Waals surface area contributed by atoms with Crippen molar-refractivity contribution in [3.05, 3.63) is 56.7 Å². The number of rotatable bonds is 3. The van der Waals surface area contributed by atoms with E-state index in [1.165, 1.54) is 4.88 Å². The van der Waals surface area contributed by atoms with Gasteiger partial charge in [0.15, 0.2) is 0 Å². The molecule has 0 saturated carbocycles. The predicted octanol–water partition coefficient (Wildman–Crippen LogP) is 4.16. The fourth-order valence-electron chi connectivity index (χ4n) is 1.86. The van der Waals surface area contributed by atoms with Gasteiger partial charge in [-0.3, -0.25) is 0 Å². The second-order valence-electron chi connectivity index (χ2n) is 4.49. The van der Waals surface area contributed by atoms with E-state index in [-0.39, 0.29) is 0 Å². The third kappa shape index (κ3) is 3.09. The Morgan fingerprint density at radius 2 is 2.06 bits per heavy atom. The highest BCUT2D eigenvalue weighted by atomic mass is 35.5. The summed E-state index contributed by atoms with van der Waals surface area (Å²) in [5, 5.41) is 11.2. The molecule has 1 atom stereocenters. The Bertz CT molecular complexity index is 516. The fraction of sp³-hybridized carbons (Fsp3) is 0.286. The normalized spacial score (nSPS) is 14.6. The summed E-state index contributed by atoms with van der Waals surface area (Å²) in [6, 6.07) is 11.7. The van der Waals surface area contributed by atoms with Crippen LogP contribution in [0.4, 0.5) is 0 Å². The van der Waals surface area contributed by atoms with Crippen LogP contribution in [0.1, 0.15) is 22.2 Å². The minimum atomic E-state index is -0.830. The number of hydrogen-bond acceptors (Lipinski definition) is 2. The van der Waals surface area contributed by atoms with Crippen molar-refractivity contribution in [2.24, 2.45) is 0 Å². The van der Waals surface area contributed by atoms with Crippen LogP contribution >= 0.6 is 22.9 Å². The van der Waals surface area contributed by atoms with Gasteiger partial charge in [-0.25, -0.2) is 0 Å². The maximum Gasteiger partial charge on any atom is 0.1000 e. The summed E-state index contributed by atoms with van der Waals surface area (Å²) in [5.41, 5.74) is 0.220. The van der Waals surface area contributed by atoms with E-state index in [0.717, 1.165) is 10.4 Å². The van der Waals surface area contributed by atoms with Crippen LogP contribution in [-0.2, 0) is 12.0 Å². The highest BCUT2D eigenvalue weighted by Crippen LogP contribution is 2.31. The van der Waals surface area contributed by atoms with Gasteiger partial charge in [-0.1, -0.05) is 23.7 Å². The Morgan fingerprint density at radius 3 is 2.65 bits per heavy atom. The summed E-state index contributed by atoms with van der Waals surface area (Å²) >= 11 is 7.58. The molecule has 90 valence electrons. The third-order valence-electron chi connectivity index (χ3n) is 2.71. The first-order valence-electron chi connectivity index (χ1n) is 5.51. The molecule has 1 N–H and O–H groups in total. The van der Waals surface area contributed by atoms with Crippen LogP contribution in [0.2, 0.25) is 5.02 Å². The van der Waals surface area contributed by atoms with Crippen LogP contribution in [0.15, 0.2) is 36.4 Å². The second kappa shape index (κ2) is 4.81. The van der Waals surface area contributed by atoms with Crippen molar-refractivity contribution < 1.29 is 5.11 Å². The summed E-state index contributed by atoms with van der Waals surface area (Å²) in [4.78, 5) is 2.21. The van der Waals surface area contributed by atoms with Crippen molar-refractivity contribution in [2.45, 2.75) is 25.9 Å². The molecule has 1 aromatic carbocycles. The zero-order valence-electron chi connectivity index (χ0n) is 9.90. The van der Waals surface area contributed by atoms with Gasteiger partial charge < -0.3 is 5.11 Å². The zero-order chi connectivity index (χ0) is 12.5. The second-order valence-corrected chi connectivity index (χ2v) is 6.22. The molecule has 0 aliphatic carbocycles. The molecule has 3 heteroatoms. The first-order valence-corrected chi connectivity index (χ1v) is 6.70. The van der Waals surface area contributed by atoms with Gasteiger partial charge in [0.25, 0.3) is 0 Å². The smallest absolute Gasteiger partial charge is 0.1000 e. The largest absolute Gasteiger partial charge is 0.384 e. The fourth-order valence-corrected chi connectivity index (χ4v) is 2.98. The minimum Gasteiger partial charge on any atom is -0.384 e. The molecule has 0 amide bonds. The molecule has 0 radical (unpaired) electrons. The van der Waals surface area contributed by atoms with Crippen LogP contribution < -0.4 is 0 Å². The van der Waals surface area contributed by atoms with Crippen LogP contribution in [-0.4, -0.2) is 5.11 Å². The molecule has 1 nitrogen and oxygen atoms in total. The van der Waals surface area contributed by atoms with Crippen LogP contribution in [0, 0.1) is 6.92 Å². The highest BCUT2D eigenvalue weighted by molar-refractivity contribution is 7.12. The Hall–Kier alpha value is -0.830. The highest BCUT2D eigenvalue weighted by Gasteiger charge is 2.25. The molecular weight excluding hydrogens is 252 g/mol. The minimum absolute atomic E-state index is 0.577.